The molecule has 28 heavy (non-hydrogen) atoms. The molecular weight excluding hydrogens is 370 g/mol. The summed E-state index contributed by atoms with van der Waals surface area (Å²) in [7, 11) is 3.42. The lowest BCUT2D eigenvalue weighted by molar-refractivity contribution is -0.115. The van der Waals surface area contributed by atoms with Gasteiger partial charge < -0.3 is 10.2 Å². The summed E-state index contributed by atoms with van der Waals surface area (Å²) < 4.78 is 0. The zero-order valence-corrected chi connectivity index (χ0v) is 16.7. The van der Waals surface area contributed by atoms with Crippen molar-refractivity contribution in [2.45, 2.75) is 6.04 Å². The van der Waals surface area contributed by atoms with Gasteiger partial charge in [-0.1, -0.05) is 36.4 Å². The van der Waals surface area contributed by atoms with Crippen LogP contribution in [0.15, 0.2) is 72.1 Å². The molecule has 144 valence electrons. The third kappa shape index (κ3) is 5.06. The number of rotatable bonds is 7. The molecule has 2 N–H and O–H groups in total. The Labute approximate surface area is 169 Å². The molecule has 0 spiro atoms. The summed E-state index contributed by atoms with van der Waals surface area (Å²) in [4.78, 5) is 27.0. The van der Waals surface area contributed by atoms with Crippen LogP contribution in [0, 0.1) is 0 Å². The number of thiophene rings is 1. The average Bonchev–Trinajstić information content (AvgIpc) is 3.23. The van der Waals surface area contributed by atoms with Crippen LogP contribution < -0.4 is 10.6 Å². The molecule has 0 aliphatic heterocycles. The molecule has 1 heterocycles. The number of amides is 2. The number of carbonyl (C=O) groups is 2. The van der Waals surface area contributed by atoms with Gasteiger partial charge in [-0.3, -0.25) is 14.9 Å². The minimum atomic E-state index is -0.135. The van der Waals surface area contributed by atoms with Crippen molar-refractivity contribution in [3.63, 3.8) is 0 Å². The summed E-state index contributed by atoms with van der Waals surface area (Å²) in [6.45, 7) is 0.176. The molecule has 0 aliphatic carbocycles. The van der Waals surface area contributed by atoms with Gasteiger partial charge in [0.25, 0.3) is 5.91 Å². The molecule has 3 aromatic rings. The molecule has 0 radical (unpaired) electrons. The molecular formula is C22H23N3O2S. The van der Waals surface area contributed by atoms with Gasteiger partial charge in [-0.15, -0.1) is 11.3 Å². The Morgan fingerprint density at radius 1 is 0.964 bits per heavy atom. The maximum absolute atomic E-state index is 12.4. The molecule has 0 unspecified atom stereocenters. The average molecular weight is 394 g/mol. The fourth-order valence-electron chi connectivity index (χ4n) is 2.84. The molecule has 0 fully saturated rings. The summed E-state index contributed by atoms with van der Waals surface area (Å²) >= 11 is 1.66. The number of nitrogens with one attached hydrogen (secondary N) is 2. The predicted octanol–water partition coefficient (Wildman–Crippen LogP) is 3.77. The van der Waals surface area contributed by atoms with Gasteiger partial charge in [0, 0.05) is 30.2 Å². The van der Waals surface area contributed by atoms with E-state index in [2.05, 4.69) is 28.8 Å². The van der Waals surface area contributed by atoms with Crippen LogP contribution in [0.3, 0.4) is 0 Å². The molecule has 0 aliphatic rings. The van der Waals surface area contributed by atoms with Gasteiger partial charge in [0.1, 0.15) is 0 Å². The Hall–Kier alpha value is -2.96. The number of carbonyl (C=O) groups excluding carboxylic acids is 2. The molecule has 0 saturated heterocycles. The standard InChI is InChI=1S/C22H23N3O2S/c1-25(2)22(27)17-10-12-18(13-11-17)24-20(26)15-23-21(19-9-6-14-28-19)16-7-4-3-5-8-16/h3-14,21,23H,15H2,1-2H3,(H,24,26)/t21-/m0/s1. The van der Waals surface area contributed by atoms with Crippen LogP contribution in [-0.4, -0.2) is 37.4 Å². The lowest BCUT2D eigenvalue weighted by Crippen LogP contribution is -2.31. The number of anilines is 1. The molecule has 2 amide bonds. The van der Waals surface area contributed by atoms with E-state index in [4.69, 9.17) is 0 Å². The number of hydrogen-bond acceptors (Lipinski definition) is 4. The Kier molecular flexibility index (Phi) is 6.57. The van der Waals surface area contributed by atoms with Crippen LogP contribution in [0.25, 0.3) is 0 Å². The minimum absolute atomic E-state index is 0.0351. The van der Waals surface area contributed by atoms with Crippen molar-refractivity contribution < 1.29 is 9.59 Å². The molecule has 0 bridgehead atoms. The van der Waals surface area contributed by atoms with E-state index < -0.39 is 0 Å². The van der Waals surface area contributed by atoms with E-state index in [1.54, 1.807) is 49.7 Å². The summed E-state index contributed by atoms with van der Waals surface area (Å²) in [5.41, 5.74) is 2.36. The van der Waals surface area contributed by atoms with Crippen molar-refractivity contribution in [3.05, 3.63) is 88.1 Å². The molecule has 3 rings (SSSR count). The van der Waals surface area contributed by atoms with Crippen LogP contribution in [-0.2, 0) is 4.79 Å². The van der Waals surface area contributed by atoms with Crippen LogP contribution >= 0.6 is 11.3 Å². The first-order valence-electron chi connectivity index (χ1n) is 8.98. The summed E-state index contributed by atoms with van der Waals surface area (Å²) in [6.07, 6.45) is 0. The second kappa shape index (κ2) is 9.30. The Bertz CT molecular complexity index is 907. The quantitative estimate of drug-likeness (QED) is 0.642. The van der Waals surface area contributed by atoms with Gasteiger partial charge in [-0.25, -0.2) is 0 Å². The SMILES string of the molecule is CN(C)C(=O)c1ccc(NC(=O)CN[C@@H](c2ccccc2)c2cccs2)cc1. The Balaban J connectivity index is 1.61. The summed E-state index contributed by atoms with van der Waals surface area (Å²) in [6, 6.07) is 21.0. The van der Waals surface area contributed by atoms with E-state index in [1.807, 2.05) is 29.6 Å². The Morgan fingerprint density at radius 2 is 1.68 bits per heavy atom. The monoisotopic (exact) mass is 393 g/mol. The van der Waals surface area contributed by atoms with Gasteiger partial charge in [0.05, 0.1) is 12.6 Å². The van der Waals surface area contributed by atoms with Crippen LogP contribution in [0.2, 0.25) is 0 Å². The van der Waals surface area contributed by atoms with Crippen LogP contribution in [0.5, 0.6) is 0 Å². The maximum Gasteiger partial charge on any atom is 0.253 e. The van der Waals surface area contributed by atoms with Crippen LogP contribution in [0.4, 0.5) is 5.69 Å². The first-order valence-corrected chi connectivity index (χ1v) is 9.86. The molecule has 5 nitrogen and oxygen atoms in total. The zero-order valence-electron chi connectivity index (χ0n) is 15.9. The minimum Gasteiger partial charge on any atom is -0.345 e. The third-order valence-corrected chi connectivity index (χ3v) is 5.19. The van der Waals surface area contributed by atoms with Crippen molar-refractivity contribution in [1.82, 2.24) is 10.2 Å². The van der Waals surface area contributed by atoms with E-state index in [0.29, 0.717) is 11.3 Å². The van der Waals surface area contributed by atoms with Crippen molar-refractivity contribution in [2.75, 3.05) is 26.0 Å². The van der Waals surface area contributed by atoms with Gasteiger partial charge in [-0.05, 0) is 41.3 Å². The van der Waals surface area contributed by atoms with Gasteiger partial charge >= 0.3 is 0 Å². The predicted molar refractivity (Wildman–Crippen MR) is 114 cm³/mol. The van der Waals surface area contributed by atoms with Crippen LogP contribution in [0.1, 0.15) is 26.8 Å². The molecule has 6 heteroatoms. The van der Waals surface area contributed by atoms with Crippen molar-refractivity contribution in [2.24, 2.45) is 0 Å². The fourth-order valence-corrected chi connectivity index (χ4v) is 3.66. The molecule has 0 saturated carbocycles. The normalized spacial score (nSPS) is 11.6. The number of nitrogens with zero attached hydrogens (tertiary/aromatic N) is 1. The molecule has 1 atom stereocenters. The smallest absolute Gasteiger partial charge is 0.253 e. The first kappa shape index (κ1) is 19.8. The largest absolute Gasteiger partial charge is 0.345 e. The lowest BCUT2D eigenvalue weighted by atomic mass is 10.1. The Morgan fingerprint density at radius 3 is 2.29 bits per heavy atom. The van der Waals surface area contributed by atoms with Gasteiger partial charge in [-0.2, -0.15) is 0 Å². The van der Waals surface area contributed by atoms with E-state index in [-0.39, 0.29) is 24.4 Å². The lowest BCUT2D eigenvalue weighted by Gasteiger charge is -2.18. The van der Waals surface area contributed by atoms with Gasteiger partial charge in [0.15, 0.2) is 0 Å². The highest BCUT2D eigenvalue weighted by molar-refractivity contribution is 7.10. The maximum atomic E-state index is 12.4. The van der Waals surface area contributed by atoms with Gasteiger partial charge in [0.2, 0.25) is 5.91 Å². The zero-order chi connectivity index (χ0) is 19.9. The van der Waals surface area contributed by atoms with Crippen molar-refractivity contribution >= 4 is 28.8 Å². The second-order valence-corrected chi connectivity index (χ2v) is 7.54. The highest BCUT2D eigenvalue weighted by atomic mass is 32.1. The molecule has 1 aromatic heterocycles. The summed E-state index contributed by atoms with van der Waals surface area (Å²) in [5, 5.41) is 8.24. The fraction of sp³-hybridized carbons (Fsp3) is 0.182. The third-order valence-electron chi connectivity index (χ3n) is 4.25. The topological polar surface area (TPSA) is 61.4 Å². The second-order valence-electron chi connectivity index (χ2n) is 6.57. The molecule has 2 aromatic carbocycles. The number of hydrogen-bond donors (Lipinski definition) is 2. The highest BCUT2D eigenvalue weighted by Crippen LogP contribution is 2.25. The number of benzene rings is 2. The van der Waals surface area contributed by atoms with E-state index in [1.165, 1.54) is 4.90 Å². The van der Waals surface area contributed by atoms with E-state index in [0.717, 1.165) is 10.4 Å². The van der Waals surface area contributed by atoms with E-state index >= 15 is 0 Å². The van der Waals surface area contributed by atoms with Crippen molar-refractivity contribution in [1.29, 1.82) is 0 Å². The highest BCUT2D eigenvalue weighted by Gasteiger charge is 2.16. The van der Waals surface area contributed by atoms with E-state index in [9.17, 15) is 9.59 Å². The van der Waals surface area contributed by atoms with Crippen molar-refractivity contribution in [3.8, 4) is 0 Å². The summed E-state index contributed by atoms with van der Waals surface area (Å²) in [5.74, 6) is -0.203. The first-order chi connectivity index (χ1) is 13.5.